The summed E-state index contributed by atoms with van der Waals surface area (Å²) in [5, 5.41) is 9.67. The van der Waals surface area contributed by atoms with Crippen molar-refractivity contribution in [1.82, 2.24) is 0 Å². The number of hydrogen-bond acceptors (Lipinski definition) is 4. The van der Waals surface area contributed by atoms with Gasteiger partial charge in [0.1, 0.15) is 0 Å². The second-order valence-electron chi connectivity index (χ2n) is 5.78. The Kier molecular flexibility index (Phi) is 4.56. The van der Waals surface area contributed by atoms with Crippen molar-refractivity contribution in [2.75, 3.05) is 22.4 Å². The zero-order chi connectivity index (χ0) is 17.2. The molecular weight excluding hydrogens is 323 g/mol. The van der Waals surface area contributed by atoms with Crippen molar-refractivity contribution in [3.05, 3.63) is 72.1 Å². The normalized spacial score (nSPS) is 18.5. The maximum absolute atomic E-state index is 11.7. The van der Waals surface area contributed by atoms with Crippen molar-refractivity contribution in [2.45, 2.75) is 6.92 Å². The van der Waals surface area contributed by atoms with Gasteiger partial charge in [-0.2, -0.15) is 0 Å². The third-order valence-electron chi connectivity index (χ3n) is 4.30. The fourth-order valence-electron chi connectivity index (χ4n) is 3.20. The number of allylic oxidation sites excluding steroid dienone is 1. The van der Waals surface area contributed by atoms with Crippen LogP contribution in [0.2, 0.25) is 0 Å². The van der Waals surface area contributed by atoms with Crippen LogP contribution in [-0.4, -0.2) is 29.1 Å². The van der Waals surface area contributed by atoms with Crippen molar-refractivity contribution in [3.8, 4) is 0 Å². The molecule has 0 atom stereocenters. The van der Waals surface area contributed by atoms with E-state index in [0.717, 1.165) is 17.5 Å². The summed E-state index contributed by atoms with van der Waals surface area (Å²) in [6.07, 6.45) is 1.13. The van der Waals surface area contributed by atoms with Gasteiger partial charge < -0.3 is 0 Å². The Balaban J connectivity index is 2.10. The molecule has 1 saturated heterocycles. The molecule has 0 saturated carbocycles. The number of anilines is 2. The van der Waals surface area contributed by atoms with Gasteiger partial charge in [0.05, 0.1) is 0 Å². The number of nitrogens with zero attached hydrogens (tertiary/aromatic N) is 2. The molecule has 0 aliphatic carbocycles. The quantitative estimate of drug-likeness (QED) is 0.657. The Hall–Kier alpha value is -2.36. The molecule has 1 fully saturated rings. The van der Waals surface area contributed by atoms with Crippen LogP contribution in [0.15, 0.2) is 72.1 Å². The second kappa shape index (κ2) is 6.63. The van der Waals surface area contributed by atoms with E-state index in [1.807, 2.05) is 70.0 Å². The fourth-order valence-corrected chi connectivity index (χ4v) is 6.50. The average molecular weight is 344 g/mol. The van der Waals surface area contributed by atoms with Crippen LogP contribution >= 0.6 is 7.79 Å². The molecule has 1 aliphatic rings. The third kappa shape index (κ3) is 2.88. The first-order valence-electron chi connectivity index (χ1n) is 7.83. The topological polar surface area (TPSA) is 64.0 Å². The summed E-state index contributed by atoms with van der Waals surface area (Å²) in [4.78, 5) is 22.9. The number of para-hydroxylation sites is 2. The molecule has 24 heavy (non-hydrogen) atoms. The van der Waals surface area contributed by atoms with E-state index in [9.17, 15) is 14.8 Å². The van der Waals surface area contributed by atoms with Gasteiger partial charge in [-0.25, -0.2) is 0 Å². The monoisotopic (exact) mass is 344 g/mol. The first-order valence-corrected chi connectivity index (χ1v) is 9.67. The van der Waals surface area contributed by atoms with Gasteiger partial charge in [-0.1, -0.05) is 0 Å². The molecule has 126 valence electrons. The zero-order valence-corrected chi connectivity index (χ0v) is 14.5. The Morgan fingerprint density at radius 2 is 1.38 bits per heavy atom. The summed E-state index contributed by atoms with van der Waals surface area (Å²) < 4.78 is 3.93. The molecule has 2 aromatic carbocycles. The summed E-state index contributed by atoms with van der Waals surface area (Å²) in [5.74, 6) is -1.04. The van der Waals surface area contributed by atoms with Crippen LogP contribution in [-0.2, 0) is 4.79 Å². The molecule has 2 N–H and O–H groups in total. The average Bonchev–Trinajstić information content (AvgIpc) is 2.94. The van der Waals surface area contributed by atoms with E-state index in [0.29, 0.717) is 18.4 Å². The van der Waals surface area contributed by atoms with Crippen LogP contribution in [0, 0.1) is 0 Å². The number of rotatable bonds is 4. The third-order valence-corrected chi connectivity index (χ3v) is 7.98. The van der Waals surface area contributed by atoms with Gasteiger partial charge >= 0.3 is 141 Å². The second-order valence-corrected chi connectivity index (χ2v) is 8.91. The molecule has 0 amide bonds. The predicted molar refractivity (Wildman–Crippen MR) is 99.5 cm³/mol. The van der Waals surface area contributed by atoms with Gasteiger partial charge in [0.25, 0.3) is 0 Å². The van der Waals surface area contributed by atoms with Crippen LogP contribution in [0.4, 0.5) is 11.4 Å². The van der Waals surface area contributed by atoms with Crippen LogP contribution in [0.1, 0.15) is 6.92 Å². The van der Waals surface area contributed by atoms with Crippen LogP contribution < -0.4 is 9.34 Å². The van der Waals surface area contributed by atoms with Crippen molar-refractivity contribution in [2.24, 2.45) is 0 Å². The number of aliphatic carboxylic acids is 1. The Labute approximate surface area is 142 Å². The Morgan fingerprint density at radius 3 is 1.75 bits per heavy atom. The molecule has 5 nitrogen and oxygen atoms in total. The minimum absolute atomic E-state index is 0.500. The van der Waals surface area contributed by atoms with Gasteiger partial charge in [0, 0.05) is 0 Å². The standard InChI is InChI=1S/C18H21N2O3P/c1-15(14-18(21)22)24(23)19(16-8-4-2-5-9-16)12-13-20(24)17-10-6-3-7-11-17/h2-11,14,23-24H,12-13H2,1H3,(H,21,22)/b15-14+. The van der Waals surface area contributed by atoms with E-state index in [1.165, 1.54) is 0 Å². The number of benzene rings is 2. The first kappa shape index (κ1) is 16.5. The van der Waals surface area contributed by atoms with E-state index in [-0.39, 0.29) is 0 Å². The summed E-state index contributed by atoms with van der Waals surface area (Å²) in [6.45, 7) is 3.00. The van der Waals surface area contributed by atoms with Crippen LogP contribution in [0.5, 0.6) is 0 Å². The summed E-state index contributed by atoms with van der Waals surface area (Å²) in [6, 6.07) is 19.3. The predicted octanol–water partition coefficient (Wildman–Crippen LogP) is 3.49. The van der Waals surface area contributed by atoms with Crippen LogP contribution in [0.3, 0.4) is 0 Å². The molecule has 1 heterocycles. The number of hydrogen-bond donors (Lipinski definition) is 2. The van der Waals surface area contributed by atoms with E-state index in [1.54, 1.807) is 6.92 Å². The molecule has 0 radical (unpaired) electrons. The zero-order valence-electron chi connectivity index (χ0n) is 13.5. The Bertz CT molecular complexity index is 702. The molecule has 0 spiro atoms. The number of carboxylic acids is 1. The van der Waals surface area contributed by atoms with E-state index >= 15 is 0 Å². The van der Waals surface area contributed by atoms with Gasteiger partial charge in [-0.3, -0.25) is 0 Å². The van der Waals surface area contributed by atoms with Crippen LogP contribution in [0.25, 0.3) is 0 Å². The molecule has 0 unspecified atom stereocenters. The molecule has 0 aromatic heterocycles. The molecule has 1 aliphatic heterocycles. The van der Waals surface area contributed by atoms with Crippen molar-refractivity contribution >= 4 is 25.1 Å². The first-order chi connectivity index (χ1) is 11.5. The van der Waals surface area contributed by atoms with Gasteiger partial charge in [0.15, 0.2) is 0 Å². The summed E-state index contributed by atoms with van der Waals surface area (Å²) in [5.41, 5.74) is 1.81. The fraction of sp³-hybridized carbons (Fsp3) is 0.167. The van der Waals surface area contributed by atoms with Gasteiger partial charge in [-0.05, 0) is 0 Å². The SMILES string of the molecule is C/C(=C\C(=O)O)[PH]1(O)N(c2ccccc2)CCN1c1ccccc1. The molecular formula is C18H21N2O3P. The maximum atomic E-state index is 11.7. The molecule has 3 rings (SSSR count). The number of carbonyl (C=O) groups is 1. The molecule has 0 bridgehead atoms. The van der Waals surface area contributed by atoms with Crippen molar-refractivity contribution < 1.29 is 14.8 Å². The van der Waals surface area contributed by atoms with Crippen molar-refractivity contribution in [3.63, 3.8) is 0 Å². The molecule has 6 heteroatoms. The van der Waals surface area contributed by atoms with E-state index in [4.69, 9.17) is 0 Å². The van der Waals surface area contributed by atoms with Gasteiger partial charge in [-0.15, -0.1) is 0 Å². The van der Waals surface area contributed by atoms with Gasteiger partial charge in [0.2, 0.25) is 0 Å². The summed E-state index contributed by atoms with van der Waals surface area (Å²) in [7, 11) is -3.35. The minimum atomic E-state index is -3.35. The Morgan fingerprint density at radius 1 is 0.958 bits per heavy atom. The van der Waals surface area contributed by atoms with Crippen molar-refractivity contribution in [1.29, 1.82) is 0 Å². The number of carboxylic acid groups (broad SMARTS) is 1. The van der Waals surface area contributed by atoms with E-state index < -0.39 is 13.8 Å². The van der Waals surface area contributed by atoms with E-state index in [2.05, 4.69) is 0 Å². The summed E-state index contributed by atoms with van der Waals surface area (Å²) >= 11 is 0. The molecule has 2 aromatic rings.